The van der Waals surface area contributed by atoms with Gasteiger partial charge in [0.1, 0.15) is 99.1 Å². The Hall–Kier alpha value is 1.47. The average molecular weight is 1340 g/mol. The van der Waals surface area contributed by atoms with E-state index in [1.54, 1.807) is 107 Å². The fourth-order valence-corrected chi connectivity index (χ4v) is 8.75. The number of hydrogen-bond donors (Lipinski definition) is 0. The Kier molecular flexibility index (Phi) is 104. The van der Waals surface area contributed by atoms with Crippen molar-refractivity contribution >= 4 is 43.0 Å². The fourth-order valence-electron chi connectivity index (χ4n) is 3.75. The molecule has 30 nitrogen and oxygen atoms in total. The number of methoxy groups -OCH3 is 15. The molecule has 0 unspecified atom stereocenters. The molecule has 81 heavy (non-hydrogen) atoms. The summed E-state index contributed by atoms with van der Waals surface area (Å²) >= 11 is 0. The van der Waals surface area contributed by atoms with Crippen molar-refractivity contribution in [2.75, 3.05) is 305 Å². The van der Waals surface area contributed by atoms with E-state index >= 15 is 0 Å². The van der Waals surface area contributed by atoms with Crippen LogP contribution in [0.15, 0.2) is 0 Å². The van der Waals surface area contributed by atoms with Crippen LogP contribution in [0.2, 0.25) is 0 Å². The molecule has 0 heterocycles. The molecule has 0 aromatic heterocycles. The van der Waals surface area contributed by atoms with Gasteiger partial charge in [0.05, 0.1) is 99.1 Å². The van der Waals surface area contributed by atoms with Gasteiger partial charge in [0, 0.05) is 124 Å². The van der Waals surface area contributed by atoms with Gasteiger partial charge in [-0.2, -0.15) is 67.9 Å². The maximum atomic E-state index is 5.40. The minimum Gasteiger partial charge on any atom is -0.382 e. The van der Waals surface area contributed by atoms with Crippen molar-refractivity contribution in [3.63, 3.8) is 0 Å². The summed E-state index contributed by atoms with van der Waals surface area (Å²) in [7, 11) is 15.8. The molecule has 0 rings (SSSR count). The van der Waals surface area contributed by atoms with Crippen LogP contribution in [0.4, 0.5) is 0 Å². The van der Waals surface area contributed by atoms with Crippen LogP contribution in [-0.2, 0) is 156 Å². The zero-order valence-electron chi connectivity index (χ0n) is 51.3. The van der Waals surface area contributed by atoms with Crippen molar-refractivity contribution in [2.45, 2.75) is 0 Å². The van der Waals surface area contributed by atoms with E-state index in [0.29, 0.717) is 198 Å². The Morgan fingerprint density at radius 1 is 0.123 bits per heavy atom. The first-order chi connectivity index (χ1) is 39.2. The van der Waals surface area contributed by atoms with Crippen molar-refractivity contribution in [1.29, 1.82) is 0 Å². The molecule has 0 saturated heterocycles. The van der Waals surface area contributed by atoms with Gasteiger partial charge in [-0.05, 0) is 0 Å². The Bertz CT molecular complexity index is 749. The van der Waals surface area contributed by atoms with Crippen LogP contribution in [-0.4, -0.2) is 305 Å². The molecule has 498 valence electrons. The van der Waals surface area contributed by atoms with E-state index in [2.05, 4.69) is 0 Å². The van der Waals surface area contributed by atoms with Gasteiger partial charge in [-0.25, -0.2) is 0 Å². The molecule has 0 radical (unpaired) electrons. The van der Waals surface area contributed by atoms with Gasteiger partial charge in [-0.3, -0.25) is 0 Å². The molecular weight excluding hydrogens is 1230 g/mol. The SMILES string of the molecule is COCCO[PH+](OCCOC)OCCOC.COCCO[PH+](OCCOC)OCCOC.COCCO[PH+](OCCOC)OCCOC.COCCO[PH+](OCCOC)OCCOC.COCCO[PH+](OCCOC)OCCOC.[Fe]. The van der Waals surface area contributed by atoms with E-state index in [4.69, 9.17) is 139 Å². The van der Waals surface area contributed by atoms with Gasteiger partial charge in [0.25, 0.3) is 0 Å². The second-order valence-electron chi connectivity index (χ2n) is 13.9. The topological polar surface area (TPSA) is 277 Å². The number of hydrogen-bond acceptors (Lipinski definition) is 30. The molecule has 0 atom stereocenters. The number of ether oxygens (including phenoxy) is 15. The van der Waals surface area contributed by atoms with E-state index in [1.807, 2.05) is 0 Å². The molecule has 0 aromatic carbocycles. The second-order valence-corrected chi connectivity index (χ2v) is 20.7. The predicted octanol–water partition coefficient (Wildman–Crippen LogP) is 4.67. The van der Waals surface area contributed by atoms with Crippen molar-refractivity contribution in [3.05, 3.63) is 0 Å². The van der Waals surface area contributed by atoms with Crippen LogP contribution in [0.1, 0.15) is 0 Å². The second kappa shape index (κ2) is 90.2. The van der Waals surface area contributed by atoms with Crippen LogP contribution in [0.5, 0.6) is 0 Å². The van der Waals surface area contributed by atoms with Crippen molar-refractivity contribution in [2.24, 2.45) is 0 Å². The van der Waals surface area contributed by atoms with Gasteiger partial charge < -0.3 is 71.1 Å². The van der Waals surface area contributed by atoms with Crippen LogP contribution in [0, 0.1) is 0 Å². The third kappa shape index (κ3) is 88.0. The maximum Gasteiger partial charge on any atom is 0.398 e. The van der Waals surface area contributed by atoms with E-state index in [1.165, 1.54) is 0 Å². The Balaban J connectivity index is -0.000000216. The number of rotatable bonds is 60. The standard InChI is InChI=1S/5C9H22O6P.Fe/c5*1-10-4-7-13-16(14-8-5-11-2)15-9-6-12-3;/h5*16H,4-9H2,1-3H3;/q5*+1;. The summed E-state index contributed by atoms with van der Waals surface area (Å²) in [6, 6.07) is 0. The molecule has 0 fully saturated rings. The summed E-state index contributed by atoms with van der Waals surface area (Å²) in [6.45, 7) is 14.8. The minimum atomic E-state index is -1.70. The Morgan fingerprint density at radius 3 is 0.235 bits per heavy atom. The Labute approximate surface area is 502 Å². The summed E-state index contributed by atoms with van der Waals surface area (Å²) < 4.78 is 154. The monoisotopic (exact) mass is 1340 g/mol. The molecule has 0 N–H and O–H groups in total. The van der Waals surface area contributed by atoms with Crippen molar-refractivity contribution in [3.8, 4) is 0 Å². The molecule has 36 heteroatoms. The van der Waals surface area contributed by atoms with E-state index in [-0.39, 0.29) is 17.1 Å². The van der Waals surface area contributed by atoms with E-state index in [9.17, 15) is 0 Å². The molecule has 0 spiro atoms. The summed E-state index contributed by atoms with van der Waals surface area (Å²) in [5.41, 5.74) is 0. The third-order valence-corrected chi connectivity index (χ3v) is 14.2. The van der Waals surface area contributed by atoms with E-state index in [0.717, 1.165) is 0 Å². The van der Waals surface area contributed by atoms with Gasteiger partial charge in [0.2, 0.25) is 0 Å². The molecule has 0 aliphatic heterocycles. The first kappa shape index (κ1) is 93.6. The van der Waals surface area contributed by atoms with Gasteiger partial charge >= 0.3 is 43.0 Å². The van der Waals surface area contributed by atoms with Crippen LogP contribution in [0.25, 0.3) is 0 Å². The molecule has 0 saturated carbocycles. The van der Waals surface area contributed by atoms with Gasteiger partial charge in [0.15, 0.2) is 0 Å². The zero-order chi connectivity index (χ0) is 60.3. The summed E-state index contributed by atoms with van der Waals surface area (Å²) in [6.07, 6.45) is 0. The smallest absolute Gasteiger partial charge is 0.382 e. The normalized spacial score (nSPS) is 11.1. The van der Waals surface area contributed by atoms with E-state index < -0.39 is 43.0 Å². The third-order valence-electron chi connectivity index (χ3n) is 7.61. The van der Waals surface area contributed by atoms with Crippen LogP contribution < -0.4 is 0 Å². The zero-order valence-corrected chi connectivity index (χ0v) is 57.4. The largest absolute Gasteiger partial charge is 0.398 e. The van der Waals surface area contributed by atoms with Crippen LogP contribution >= 0.6 is 43.0 Å². The van der Waals surface area contributed by atoms with Crippen molar-refractivity contribution in [1.82, 2.24) is 0 Å². The average Bonchev–Trinajstić information content (AvgIpc) is 3.46. The summed E-state index contributed by atoms with van der Waals surface area (Å²) in [4.78, 5) is 0. The van der Waals surface area contributed by atoms with Crippen LogP contribution in [0.3, 0.4) is 0 Å². The summed E-state index contributed by atoms with van der Waals surface area (Å²) in [5, 5.41) is 0. The minimum absolute atomic E-state index is 0. The molecule has 0 bridgehead atoms. The molecule has 0 aliphatic rings. The maximum absolute atomic E-state index is 5.40. The predicted molar refractivity (Wildman–Crippen MR) is 309 cm³/mol. The first-order valence-electron chi connectivity index (χ1n) is 25.3. The molecule has 0 amide bonds. The Morgan fingerprint density at radius 2 is 0.185 bits per heavy atom. The molecule has 0 aromatic rings. The van der Waals surface area contributed by atoms with Gasteiger partial charge in [-0.1, -0.05) is 0 Å². The fraction of sp³-hybridized carbons (Fsp3) is 1.00. The quantitative estimate of drug-likeness (QED) is 0.0454. The van der Waals surface area contributed by atoms with Crippen molar-refractivity contribution < 1.29 is 156 Å². The molecular formula is C45H110FeO30P5+5. The molecule has 0 aliphatic carbocycles. The first-order valence-corrected chi connectivity index (χ1v) is 31.5. The van der Waals surface area contributed by atoms with Gasteiger partial charge in [-0.15, -0.1) is 0 Å². The summed E-state index contributed by atoms with van der Waals surface area (Å²) in [5.74, 6) is 0.